The van der Waals surface area contributed by atoms with E-state index in [1.807, 2.05) is 18.2 Å². The second-order valence-electron chi connectivity index (χ2n) is 4.59. The number of nitrogens with one attached hydrogen (secondary N) is 1. The van der Waals surface area contributed by atoms with Crippen molar-refractivity contribution in [3.05, 3.63) is 30.1 Å². The minimum absolute atomic E-state index is 0.0539. The first kappa shape index (κ1) is 13.8. The third-order valence-corrected chi connectivity index (χ3v) is 4.84. The Labute approximate surface area is 113 Å². The molecule has 1 aliphatic carbocycles. The van der Waals surface area contributed by atoms with Gasteiger partial charge in [-0.2, -0.15) is 0 Å². The number of alkyl halides is 1. The summed E-state index contributed by atoms with van der Waals surface area (Å²) in [6.45, 7) is 0.330. The number of aryl methyl sites for hydroxylation is 1. The van der Waals surface area contributed by atoms with E-state index in [1.165, 1.54) is 0 Å². The molecule has 1 unspecified atom stereocenters. The third kappa shape index (κ3) is 4.55. The fraction of sp³-hybridized carbons (Fsp3) is 0.583. The van der Waals surface area contributed by atoms with Gasteiger partial charge in [0.05, 0.1) is 5.75 Å². The van der Waals surface area contributed by atoms with Gasteiger partial charge < -0.3 is 0 Å². The first-order chi connectivity index (χ1) is 8.57. The molecule has 100 valence electrons. The molecule has 1 aromatic heterocycles. The summed E-state index contributed by atoms with van der Waals surface area (Å²) in [5, 5.41) is -0.0744. The highest BCUT2D eigenvalue weighted by Gasteiger charge is 2.30. The molecule has 18 heavy (non-hydrogen) atoms. The Kier molecular flexibility index (Phi) is 4.59. The van der Waals surface area contributed by atoms with E-state index < -0.39 is 10.0 Å². The predicted octanol–water partition coefficient (Wildman–Crippen LogP) is 1.56. The van der Waals surface area contributed by atoms with E-state index in [2.05, 4.69) is 9.71 Å². The van der Waals surface area contributed by atoms with Crippen molar-refractivity contribution in [1.82, 2.24) is 9.71 Å². The summed E-state index contributed by atoms with van der Waals surface area (Å²) >= 11 is 6.06. The second kappa shape index (κ2) is 5.99. The lowest BCUT2D eigenvalue weighted by molar-refractivity contribution is 0.575. The van der Waals surface area contributed by atoms with Gasteiger partial charge in [0.2, 0.25) is 10.0 Å². The van der Waals surface area contributed by atoms with Gasteiger partial charge >= 0.3 is 0 Å². The van der Waals surface area contributed by atoms with E-state index in [4.69, 9.17) is 11.6 Å². The number of rotatable bonds is 7. The van der Waals surface area contributed by atoms with Crippen LogP contribution >= 0.6 is 11.6 Å². The van der Waals surface area contributed by atoms with E-state index in [-0.39, 0.29) is 11.1 Å². The lowest BCUT2D eigenvalue weighted by Gasteiger charge is -2.10. The van der Waals surface area contributed by atoms with Gasteiger partial charge in [-0.15, -0.1) is 11.6 Å². The number of hydrogen-bond acceptors (Lipinski definition) is 3. The van der Waals surface area contributed by atoms with E-state index in [0.717, 1.165) is 18.5 Å². The van der Waals surface area contributed by atoms with Gasteiger partial charge in [-0.3, -0.25) is 4.98 Å². The standard InChI is InChI=1S/C12H17ClN2O2S/c13-12(10-4-5-10)9-15-18(16,17)8-6-11-3-1-2-7-14-11/h1-3,7,10,12,15H,4-6,8-9H2. The zero-order valence-corrected chi connectivity index (χ0v) is 11.6. The monoisotopic (exact) mass is 288 g/mol. The number of hydrogen-bond donors (Lipinski definition) is 1. The van der Waals surface area contributed by atoms with Crippen molar-refractivity contribution in [2.45, 2.75) is 24.6 Å². The molecule has 1 heterocycles. The normalized spacial score (nSPS) is 17.6. The van der Waals surface area contributed by atoms with Gasteiger partial charge in [-0.05, 0) is 30.9 Å². The molecule has 1 atom stereocenters. The van der Waals surface area contributed by atoms with Crippen molar-refractivity contribution in [3.63, 3.8) is 0 Å². The average molecular weight is 289 g/mol. The maximum atomic E-state index is 11.8. The van der Waals surface area contributed by atoms with E-state index in [0.29, 0.717) is 18.9 Å². The molecular weight excluding hydrogens is 272 g/mol. The molecule has 0 aromatic carbocycles. The molecule has 1 saturated carbocycles. The van der Waals surface area contributed by atoms with Crippen LogP contribution < -0.4 is 4.72 Å². The number of pyridine rings is 1. The van der Waals surface area contributed by atoms with Crippen LogP contribution in [0.25, 0.3) is 0 Å². The smallest absolute Gasteiger partial charge is 0.212 e. The Balaban J connectivity index is 1.76. The first-order valence-electron chi connectivity index (χ1n) is 6.08. The Bertz CT molecular complexity index is 474. The van der Waals surface area contributed by atoms with Gasteiger partial charge in [0.1, 0.15) is 0 Å². The topological polar surface area (TPSA) is 59.1 Å². The molecule has 1 aromatic rings. The molecule has 1 fully saturated rings. The lowest BCUT2D eigenvalue weighted by atomic mass is 10.3. The van der Waals surface area contributed by atoms with Crippen molar-refractivity contribution >= 4 is 21.6 Å². The Hall–Kier alpha value is -0.650. The molecule has 4 nitrogen and oxygen atoms in total. The predicted molar refractivity (Wildman–Crippen MR) is 72.1 cm³/mol. The summed E-state index contributed by atoms with van der Waals surface area (Å²) < 4.78 is 26.1. The van der Waals surface area contributed by atoms with Crippen LogP contribution in [0.15, 0.2) is 24.4 Å². The van der Waals surface area contributed by atoms with Crippen molar-refractivity contribution in [2.75, 3.05) is 12.3 Å². The lowest BCUT2D eigenvalue weighted by Crippen LogP contribution is -2.33. The van der Waals surface area contributed by atoms with Crippen molar-refractivity contribution in [2.24, 2.45) is 5.92 Å². The molecule has 0 aliphatic heterocycles. The van der Waals surface area contributed by atoms with Crippen LogP contribution in [0, 0.1) is 5.92 Å². The quantitative estimate of drug-likeness (QED) is 0.775. The van der Waals surface area contributed by atoms with E-state index >= 15 is 0 Å². The van der Waals surface area contributed by atoms with Crippen LogP contribution in [0.4, 0.5) is 0 Å². The fourth-order valence-electron chi connectivity index (χ4n) is 1.69. The largest absolute Gasteiger partial charge is 0.261 e. The van der Waals surface area contributed by atoms with Gasteiger partial charge in [0, 0.05) is 30.2 Å². The van der Waals surface area contributed by atoms with E-state index in [9.17, 15) is 8.42 Å². The molecule has 0 spiro atoms. The van der Waals surface area contributed by atoms with Crippen molar-refractivity contribution in [3.8, 4) is 0 Å². The van der Waals surface area contributed by atoms with Gasteiger partial charge in [-0.1, -0.05) is 6.07 Å². The van der Waals surface area contributed by atoms with Gasteiger partial charge in [0.15, 0.2) is 0 Å². The minimum Gasteiger partial charge on any atom is -0.261 e. The highest BCUT2D eigenvalue weighted by Crippen LogP contribution is 2.35. The van der Waals surface area contributed by atoms with Gasteiger partial charge in [-0.25, -0.2) is 13.1 Å². The molecule has 1 aliphatic rings. The molecule has 0 bridgehead atoms. The van der Waals surface area contributed by atoms with Crippen molar-refractivity contribution in [1.29, 1.82) is 0 Å². The maximum absolute atomic E-state index is 11.8. The summed E-state index contributed by atoms with van der Waals surface area (Å²) in [5.41, 5.74) is 0.785. The number of sulfonamides is 1. The molecule has 2 rings (SSSR count). The van der Waals surface area contributed by atoms with Crippen LogP contribution in [0.5, 0.6) is 0 Å². The van der Waals surface area contributed by atoms with Crippen LogP contribution in [0.3, 0.4) is 0 Å². The van der Waals surface area contributed by atoms with Crippen LogP contribution in [0.1, 0.15) is 18.5 Å². The number of aromatic nitrogens is 1. The maximum Gasteiger partial charge on any atom is 0.212 e. The second-order valence-corrected chi connectivity index (χ2v) is 7.08. The summed E-state index contributed by atoms with van der Waals surface area (Å²) in [5.74, 6) is 0.545. The number of halogens is 1. The highest BCUT2D eigenvalue weighted by molar-refractivity contribution is 7.89. The molecule has 6 heteroatoms. The summed E-state index contributed by atoms with van der Waals surface area (Å²) in [6.07, 6.45) is 4.32. The van der Waals surface area contributed by atoms with Crippen LogP contribution in [-0.2, 0) is 16.4 Å². The van der Waals surface area contributed by atoms with Crippen LogP contribution in [0.2, 0.25) is 0 Å². The average Bonchev–Trinajstić information content (AvgIpc) is 3.19. The van der Waals surface area contributed by atoms with Crippen molar-refractivity contribution < 1.29 is 8.42 Å². The summed E-state index contributed by atoms with van der Waals surface area (Å²) in [4.78, 5) is 4.10. The van der Waals surface area contributed by atoms with Crippen LogP contribution in [-0.4, -0.2) is 31.1 Å². The molecular formula is C12H17ClN2O2S. The zero-order chi connectivity index (χ0) is 13.0. The van der Waals surface area contributed by atoms with E-state index in [1.54, 1.807) is 6.20 Å². The molecule has 0 radical (unpaired) electrons. The summed E-state index contributed by atoms with van der Waals surface area (Å²) in [6, 6.07) is 5.48. The fourth-order valence-corrected chi connectivity index (χ4v) is 3.16. The Morgan fingerprint density at radius 2 is 2.22 bits per heavy atom. The Morgan fingerprint density at radius 1 is 1.44 bits per heavy atom. The highest BCUT2D eigenvalue weighted by atomic mass is 35.5. The molecule has 0 saturated heterocycles. The number of nitrogens with zero attached hydrogens (tertiary/aromatic N) is 1. The third-order valence-electron chi connectivity index (χ3n) is 2.98. The van der Waals surface area contributed by atoms with Gasteiger partial charge in [0.25, 0.3) is 0 Å². The molecule has 1 N–H and O–H groups in total. The Morgan fingerprint density at radius 3 is 2.83 bits per heavy atom. The SMILES string of the molecule is O=S(=O)(CCc1ccccn1)NCC(Cl)C1CC1. The molecule has 0 amide bonds. The first-order valence-corrected chi connectivity index (χ1v) is 8.17. The summed E-state index contributed by atoms with van der Waals surface area (Å²) in [7, 11) is -3.26. The minimum atomic E-state index is -3.26. The zero-order valence-electron chi connectivity index (χ0n) is 10.0.